The first-order valence-corrected chi connectivity index (χ1v) is 8.95. The fourth-order valence-corrected chi connectivity index (χ4v) is 3.18. The second-order valence-electron chi connectivity index (χ2n) is 7.22. The van der Waals surface area contributed by atoms with Gasteiger partial charge in [-0.2, -0.15) is 10.2 Å². The van der Waals surface area contributed by atoms with Crippen molar-refractivity contribution in [3.05, 3.63) is 40.1 Å². The quantitative estimate of drug-likeness (QED) is 0.858. The average Bonchev–Trinajstić information content (AvgIpc) is 3.22. The number of hydrogen-bond donors (Lipinski definition) is 1. The normalized spacial score (nSPS) is 17.1. The summed E-state index contributed by atoms with van der Waals surface area (Å²) in [6.07, 6.45) is 2.68. The zero-order chi connectivity index (χ0) is 18.8. The lowest BCUT2D eigenvalue weighted by Crippen LogP contribution is -2.32. The molecule has 3 heterocycles. The third kappa shape index (κ3) is 3.79. The molecule has 0 saturated carbocycles. The van der Waals surface area contributed by atoms with Crippen LogP contribution in [0.4, 0.5) is 5.69 Å². The molecular formula is C18H26N6O2. The monoisotopic (exact) mass is 358 g/mol. The molecule has 2 aromatic rings. The number of nitrogens with zero attached hydrogens (tertiary/aromatic N) is 5. The summed E-state index contributed by atoms with van der Waals surface area (Å²) in [6, 6.07) is 3.46. The van der Waals surface area contributed by atoms with Gasteiger partial charge in [-0.1, -0.05) is 13.8 Å². The van der Waals surface area contributed by atoms with Gasteiger partial charge in [-0.25, -0.2) is 4.68 Å². The predicted molar refractivity (Wildman–Crippen MR) is 99.4 cm³/mol. The number of anilines is 1. The van der Waals surface area contributed by atoms with E-state index < -0.39 is 0 Å². The van der Waals surface area contributed by atoms with Crippen LogP contribution < -0.4 is 15.8 Å². The maximum atomic E-state index is 12.5. The lowest BCUT2D eigenvalue weighted by Gasteiger charge is -2.18. The van der Waals surface area contributed by atoms with Crippen molar-refractivity contribution in [3.63, 3.8) is 0 Å². The highest BCUT2D eigenvalue weighted by Crippen LogP contribution is 2.21. The molecule has 0 aliphatic carbocycles. The Morgan fingerprint density at radius 2 is 2.08 bits per heavy atom. The third-order valence-electron chi connectivity index (χ3n) is 4.88. The summed E-state index contributed by atoms with van der Waals surface area (Å²) in [5.41, 5.74) is 2.23. The second kappa shape index (κ2) is 7.31. The topological polar surface area (TPSA) is 85.0 Å². The van der Waals surface area contributed by atoms with Gasteiger partial charge in [-0.05, 0) is 24.3 Å². The highest BCUT2D eigenvalue weighted by atomic mass is 16.2. The Hall–Kier alpha value is -2.64. The Morgan fingerprint density at radius 3 is 2.73 bits per heavy atom. The summed E-state index contributed by atoms with van der Waals surface area (Å²) < 4.78 is 2.95. The van der Waals surface area contributed by atoms with Gasteiger partial charge in [-0.15, -0.1) is 0 Å². The highest BCUT2D eigenvalue weighted by Gasteiger charge is 2.24. The van der Waals surface area contributed by atoms with Gasteiger partial charge in [0, 0.05) is 39.8 Å². The predicted octanol–water partition coefficient (Wildman–Crippen LogP) is 0.893. The average molecular weight is 358 g/mol. The van der Waals surface area contributed by atoms with Crippen LogP contribution >= 0.6 is 0 Å². The van der Waals surface area contributed by atoms with E-state index in [2.05, 4.69) is 34.3 Å². The van der Waals surface area contributed by atoms with Crippen LogP contribution in [-0.2, 0) is 14.1 Å². The van der Waals surface area contributed by atoms with E-state index in [0.717, 1.165) is 30.9 Å². The molecule has 1 N–H and O–H groups in total. The smallest absolute Gasteiger partial charge is 0.269 e. The van der Waals surface area contributed by atoms with Gasteiger partial charge in [0.05, 0.1) is 17.6 Å². The van der Waals surface area contributed by atoms with E-state index in [4.69, 9.17) is 0 Å². The van der Waals surface area contributed by atoms with Crippen molar-refractivity contribution in [2.45, 2.75) is 26.2 Å². The Morgan fingerprint density at radius 1 is 1.31 bits per heavy atom. The number of hydrogen-bond acceptors (Lipinski definition) is 5. The fraction of sp³-hybridized carbons (Fsp3) is 0.556. The Kier molecular flexibility index (Phi) is 5.11. The molecule has 0 spiro atoms. The van der Waals surface area contributed by atoms with Crippen molar-refractivity contribution >= 4 is 11.6 Å². The molecule has 1 fully saturated rings. The van der Waals surface area contributed by atoms with Crippen LogP contribution in [0.2, 0.25) is 0 Å². The molecule has 8 heteroatoms. The maximum Gasteiger partial charge on any atom is 0.269 e. The summed E-state index contributed by atoms with van der Waals surface area (Å²) >= 11 is 0. The Labute approximate surface area is 152 Å². The minimum atomic E-state index is -0.114. The maximum absolute atomic E-state index is 12.5. The lowest BCUT2D eigenvalue weighted by atomic mass is 10.1. The van der Waals surface area contributed by atoms with E-state index in [1.165, 1.54) is 4.68 Å². The summed E-state index contributed by atoms with van der Waals surface area (Å²) in [7, 11) is 3.43. The molecule has 0 bridgehead atoms. The SMILES string of the molecule is CC(C)c1cc(C(=O)NC[C@@H]2CCN(c3cnn(C)c(=O)c3)C2)n(C)n1. The van der Waals surface area contributed by atoms with E-state index in [0.29, 0.717) is 24.1 Å². The molecule has 140 valence electrons. The van der Waals surface area contributed by atoms with Crippen molar-refractivity contribution < 1.29 is 4.79 Å². The van der Waals surface area contributed by atoms with E-state index in [1.807, 2.05) is 6.07 Å². The van der Waals surface area contributed by atoms with Gasteiger partial charge in [0.1, 0.15) is 5.69 Å². The number of nitrogens with one attached hydrogen (secondary N) is 1. The third-order valence-corrected chi connectivity index (χ3v) is 4.88. The zero-order valence-corrected chi connectivity index (χ0v) is 15.8. The molecule has 8 nitrogen and oxygen atoms in total. The molecular weight excluding hydrogens is 332 g/mol. The zero-order valence-electron chi connectivity index (χ0n) is 15.8. The molecule has 0 aromatic carbocycles. The van der Waals surface area contributed by atoms with Crippen LogP contribution in [0.15, 0.2) is 23.1 Å². The van der Waals surface area contributed by atoms with Crippen molar-refractivity contribution in [2.75, 3.05) is 24.5 Å². The number of aromatic nitrogens is 4. The van der Waals surface area contributed by atoms with E-state index in [-0.39, 0.29) is 11.5 Å². The molecule has 2 aromatic heterocycles. The van der Waals surface area contributed by atoms with Gasteiger partial charge in [-0.3, -0.25) is 14.3 Å². The van der Waals surface area contributed by atoms with E-state index in [1.54, 1.807) is 31.0 Å². The van der Waals surface area contributed by atoms with Crippen molar-refractivity contribution in [2.24, 2.45) is 20.0 Å². The van der Waals surface area contributed by atoms with Crippen molar-refractivity contribution in [1.82, 2.24) is 24.9 Å². The molecule has 1 amide bonds. The minimum Gasteiger partial charge on any atom is -0.370 e. The Balaban J connectivity index is 1.56. The lowest BCUT2D eigenvalue weighted by molar-refractivity contribution is 0.0939. The number of rotatable bonds is 5. The minimum absolute atomic E-state index is 0.0967. The second-order valence-corrected chi connectivity index (χ2v) is 7.22. The van der Waals surface area contributed by atoms with Crippen LogP contribution in [0.5, 0.6) is 0 Å². The van der Waals surface area contributed by atoms with Gasteiger partial charge >= 0.3 is 0 Å². The van der Waals surface area contributed by atoms with Crippen LogP contribution in [0.1, 0.15) is 42.4 Å². The number of aryl methyl sites for hydroxylation is 2. The van der Waals surface area contributed by atoms with Crippen LogP contribution in [0.25, 0.3) is 0 Å². The summed E-state index contributed by atoms with van der Waals surface area (Å²) in [5, 5.41) is 11.5. The molecule has 1 aliphatic rings. The van der Waals surface area contributed by atoms with Crippen molar-refractivity contribution in [1.29, 1.82) is 0 Å². The van der Waals surface area contributed by atoms with Gasteiger partial charge < -0.3 is 10.2 Å². The summed E-state index contributed by atoms with van der Waals surface area (Å²) in [4.78, 5) is 26.3. The molecule has 1 aliphatic heterocycles. The van der Waals surface area contributed by atoms with E-state index in [9.17, 15) is 9.59 Å². The number of carbonyl (C=O) groups is 1. The fourth-order valence-electron chi connectivity index (χ4n) is 3.18. The van der Waals surface area contributed by atoms with Crippen LogP contribution in [0.3, 0.4) is 0 Å². The summed E-state index contributed by atoms with van der Waals surface area (Å²) in [5.74, 6) is 0.541. The summed E-state index contributed by atoms with van der Waals surface area (Å²) in [6.45, 7) is 6.39. The first-order valence-electron chi connectivity index (χ1n) is 8.95. The molecule has 1 saturated heterocycles. The largest absolute Gasteiger partial charge is 0.370 e. The molecule has 0 radical (unpaired) electrons. The van der Waals surface area contributed by atoms with Gasteiger partial charge in [0.25, 0.3) is 11.5 Å². The number of amides is 1. The molecule has 0 unspecified atom stereocenters. The molecule has 26 heavy (non-hydrogen) atoms. The first-order chi connectivity index (χ1) is 12.3. The highest BCUT2D eigenvalue weighted by molar-refractivity contribution is 5.92. The molecule has 1 atom stereocenters. The van der Waals surface area contributed by atoms with E-state index >= 15 is 0 Å². The number of carbonyl (C=O) groups excluding carboxylic acids is 1. The standard InChI is InChI=1S/C18H26N6O2/c1-12(2)15-8-16(22(3)21-15)18(26)19-9-13-5-6-24(11-13)14-7-17(25)23(4)20-10-14/h7-8,10,12-13H,5-6,9,11H2,1-4H3,(H,19,26)/t13-/m0/s1. The Bertz CT molecular complexity index is 854. The first kappa shape index (κ1) is 18.2. The van der Waals surface area contributed by atoms with Gasteiger partial charge in [0.2, 0.25) is 0 Å². The van der Waals surface area contributed by atoms with Crippen LogP contribution in [-0.4, -0.2) is 45.1 Å². The van der Waals surface area contributed by atoms with Crippen molar-refractivity contribution in [3.8, 4) is 0 Å². The molecule has 3 rings (SSSR count). The van der Waals surface area contributed by atoms with Crippen LogP contribution in [0, 0.1) is 5.92 Å². The van der Waals surface area contributed by atoms with Gasteiger partial charge in [0.15, 0.2) is 0 Å².